The molecule has 0 aliphatic carbocycles. The van der Waals surface area contributed by atoms with E-state index < -0.39 is 17.8 Å². The molecule has 0 saturated heterocycles. The van der Waals surface area contributed by atoms with Crippen molar-refractivity contribution in [2.75, 3.05) is 0 Å². The predicted molar refractivity (Wildman–Crippen MR) is 106 cm³/mol. The van der Waals surface area contributed by atoms with Crippen molar-refractivity contribution in [2.45, 2.75) is 110 Å². The van der Waals surface area contributed by atoms with Crippen molar-refractivity contribution in [3.63, 3.8) is 0 Å². The van der Waals surface area contributed by atoms with Gasteiger partial charge >= 0.3 is 17.8 Å². The number of aliphatic carboxylic acids is 1. The average Bonchev–Trinajstić information content (AvgIpc) is 2.58. The molecule has 0 aromatic carbocycles. The molecular weight excluding hydrogens is 332 g/mol. The number of hydrogen-bond donors (Lipinski definition) is 3. The fraction of sp³-hybridized carbons (Fsp3) is 0.850. The second kappa shape index (κ2) is 21.5. The zero-order valence-electron chi connectivity index (χ0n) is 16.6. The molecule has 0 aromatic rings. The first-order chi connectivity index (χ1) is 12.4. The molecule has 0 heterocycles. The van der Waals surface area contributed by atoms with Gasteiger partial charge in [0, 0.05) is 6.42 Å². The second-order valence-electron chi connectivity index (χ2n) is 6.82. The number of hydrogen-bond acceptors (Lipinski definition) is 3. The van der Waals surface area contributed by atoms with Gasteiger partial charge in [0.1, 0.15) is 0 Å². The molecule has 26 heavy (non-hydrogen) atoms. The fourth-order valence-corrected chi connectivity index (χ4v) is 2.65. The number of carbonyl (C=O) groups excluding carboxylic acids is 2. The smallest absolute Gasteiger partial charge is 0.306 e. The lowest BCUT2D eigenvalue weighted by Gasteiger charge is -2.03. The van der Waals surface area contributed by atoms with Gasteiger partial charge in [-0.3, -0.25) is 14.4 Å². The predicted octanol–water partition coefficient (Wildman–Crippen LogP) is 4.29. The molecule has 0 aromatic heterocycles. The van der Waals surface area contributed by atoms with Crippen molar-refractivity contribution in [1.82, 2.24) is 0 Å². The van der Waals surface area contributed by atoms with E-state index in [9.17, 15) is 14.4 Å². The third-order valence-corrected chi connectivity index (χ3v) is 4.24. The molecule has 2 amide bonds. The Morgan fingerprint density at radius 2 is 0.846 bits per heavy atom. The fourth-order valence-electron chi connectivity index (χ4n) is 2.65. The Hall–Kier alpha value is -1.59. The molecule has 5 N–H and O–H groups in total. The van der Waals surface area contributed by atoms with E-state index in [0.717, 1.165) is 12.8 Å². The molecule has 0 spiro atoms. The zero-order chi connectivity index (χ0) is 20.0. The number of carbonyl (C=O) groups is 3. The Bertz CT molecular complexity index is 348. The van der Waals surface area contributed by atoms with Crippen LogP contribution in [0.4, 0.5) is 0 Å². The maximum Gasteiger partial charge on any atom is 0.306 e. The van der Waals surface area contributed by atoms with Crippen LogP contribution in [0.5, 0.6) is 0 Å². The van der Waals surface area contributed by atoms with E-state index in [1.54, 1.807) is 0 Å². The monoisotopic (exact) mass is 372 g/mol. The quantitative estimate of drug-likeness (QED) is 0.276. The van der Waals surface area contributed by atoms with E-state index >= 15 is 0 Å². The SMILES string of the molecule is CCCCCCCCCCCCCCCCCC(=O)O.NC(=O)C(N)=O. The largest absolute Gasteiger partial charge is 0.481 e. The van der Waals surface area contributed by atoms with Gasteiger partial charge in [0.15, 0.2) is 0 Å². The summed E-state index contributed by atoms with van der Waals surface area (Å²) in [5.74, 6) is -2.86. The first-order valence-corrected chi connectivity index (χ1v) is 10.2. The van der Waals surface area contributed by atoms with Crippen LogP contribution in [-0.2, 0) is 14.4 Å². The van der Waals surface area contributed by atoms with Crippen LogP contribution in [-0.4, -0.2) is 22.9 Å². The zero-order valence-corrected chi connectivity index (χ0v) is 16.6. The van der Waals surface area contributed by atoms with Crippen molar-refractivity contribution in [3.8, 4) is 0 Å². The van der Waals surface area contributed by atoms with Gasteiger partial charge in [-0.1, -0.05) is 96.8 Å². The summed E-state index contributed by atoms with van der Waals surface area (Å²) in [5, 5.41) is 8.52. The molecule has 154 valence electrons. The van der Waals surface area contributed by atoms with E-state index in [0.29, 0.717) is 6.42 Å². The highest BCUT2D eigenvalue weighted by Gasteiger charge is 1.97. The summed E-state index contributed by atoms with van der Waals surface area (Å²) in [6, 6.07) is 0. The average molecular weight is 373 g/mol. The minimum atomic E-state index is -1.10. The third kappa shape index (κ3) is 27.3. The molecular formula is C20H40N2O4. The maximum atomic E-state index is 10.3. The number of carboxylic acid groups (broad SMARTS) is 1. The minimum absolute atomic E-state index is 0.345. The van der Waals surface area contributed by atoms with Crippen LogP contribution in [0.2, 0.25) is 0 Å². The Balaban J connectivity index is 0. The van der Waals surface area contributed by atoms with Crippen LogP contribution >= 0.6 is 0 Å². The normalized spacial score (nSPS) is 10.0. The second-order valence-corrected chi connectivity index (χ2v) is 6.82. The highest BCUT2D eigenvalue weighted by Crippen LogP contribution is 2.13. The van der Waals surface area contributed by atoms with Crippen LogP contribution < -0.4 is 11.5 Å². The van der Waals surface area contributed by atoms with Crippen LogP contribution in [0.15, 0.2) is 0 Å². The number of unbranched alkanes of at least 4 members (excludes halogenated alkanes) is 14. The van der Waals surface area contributed by atoms with Crippen molar-refractivity contribution >= 4 is 17.8 Å². The molecule has 0 atom stereocenters. The van der Waals surface area contributed by atoms with Gasteiger partial charge in [0.25, 0.3) is 0 Å². The van der Waals surface area contributed by atoms with E-state index in [1.807, 2.05) is 0 Å². The lowest BCUT2D eigenvalue weighted by atomic mass is 10.0. The first kappa shape index (κ1) is 26.6. The summed E-state index contributed by atoms with van der Waals surface area (Å²) in [5.41, 5.74) is 8.64. The lowest BCUT2D eigenvalue weighted by molar-refractivity contribution is -0.137. The van der Waals surface area contributed by atoms with Crippen LogP contribution in [0.25, 0.3) is 0 Å². The molecule has 0 rings (SSSR count). The molecule has 0 aliphatic rings. The first-order valence-electron chi connectivity index (χ1n) is 10.2. The lowest BCUT2D eigenvalue weighted by Crippen LogP contribution is -2.29. The minimum Gasteiger partial charge on any atom is -0.481 e. The molecule has 0 fully saturated rings. The van der Waals surface area contributed by atoms with Crippen LogP contribution in [0.3, 0.4) is 0 Å². The number of amides is 2. The highest BCUT2D eigenvalue weighted by atomic mass is 16.4. The molecule has 6 nitrogen and oxygen atoms in total. The van der Waals surface area contributed by atoms with E-state index in [-0.39, 0.29) is 0 Å². The van der Waals surface area contributed by atoms with E-state index in [1.165, 1.54) is 83.5 Å². The Morgan fingerprint density at radius 1 is 0.577 bits per heavy atom. The van der Waals surface area contributed by atoms with Gasteiger partial charge in [-0.2, -0.15) is 0 Å². The molecule has 6 heteroatoms. The molecule has 0 saturated carbocycles. The van der Waals surface area contributed by atoms with Gasteiger partial charge in [-0.15, -0.1) is 0 Å². The molecule has 0 bridgehead atoms. The van der Waals surface area contributed by atoms with E-state index in [4.69, 9.17) is 5.11 Å². The van der Waals surface area contributed by atoms with Gasteiger partial charge in [-0.25, -0.2) is 0 Å². The van der Waals surface area contributed by atoms with Crippen LogP contribution in [0, 0.1) is 0 Å². The van der Waals surface area contributed by atoms with Gasteiger partial charge < -0.3 is 16.6 Å². The number of nitrogens with two attached hydrogens (primary N) is 2. The van der Waals surface area contributed by atoms with Gasteiger partial charge in [0.05, 0.1) is 0 Å². The van der Waals surface area contributed by atoms with Crippen LogP contribution in [0.1, 0.15) is 110 Å². The third-order valence-electron chi connectivity index (χ3n) is 4.24. The molecule has 0 unspecified atom stereocenters. The summed E-state index contributed by atoms with van der Waals surface area (Å²) < 4.78 is 0. The summed E-state index contributed by atoms with van der Waals surface area (Å²) in [6.07, 6.45) is 20.2. The molecule has 0 aliphatic heterocycles. The Kier molecular flexibility index (Phi) is 22.0. The number of rotatable bonds is 16. The number of carboxylic acids is 1. The van der Waals surface area contributed by atoms with Crippen molar-refractivity contribution in [1.29, 1.82) is 0 Å². The summed E-state index contributed by atoms with van der Waals surface area (Å²) in [4.78, 5) is 29.2. The van der Waals surface area contributed by atoms with Gasteiger partial charge in [-0.05, 0) is 6.42 Å². The Morgan fingerprint density at radius 3 is 1.08 bits per heavy atom. The summed E-state index contributed by atoms with van der Waals surface area (Å²) in [6.45, 7) is 2.27. The van der Waals surface area contributed by atoms with E-state index in [2.05, 4.69) is 18.4 Å². The van der Waals surface area contributed by atoms with Crippen molar-refractivity contribution < 1.29 is 19.5 Å². The van der Waals surface area contributed by atoms with Crippen molar-refractivity contribution in [3.05, 3.63) is 0 Å². The topological polar surface area (TPSA) is 123 Å². The number of primary amides is 2. The van der Waals surface area contributed by atoms with Crippen molar-refractivity contribution in [2.24, 2.45) is 11.5 Å². The highest BCUT2D eigenvalue weighted by molar-refractivity contribution is 6.33. The summed E-state index contributed by atoms with van der Waals surface area (Å²) >= 11 is 0. The summed E-state index contributed by atoms with van der Waals surface area (Å²) in [7, 11) is 0. The molecule has 0 radical (unpaired) electrons. The Labute approximate surface area is 159 Å². The maximum absolute atomic E-state index is 10.3. The van der Waals surface area contributed by atoms with Gasteiger partial charge in [0.2, 0.25) is 0 Å². The standard InChI is InChI=1S/C18H36O2.C2H4N2O2/c1-2-3-4-5-6-7-8-9-10-11-12-13-14-15-16-17-18(19)20;3-1(5)2(4)6/h2-17H2,1H3,(H,19,20);(H2,3,5)(H2,4,6).